The van der Waals surface area contributed by atoms with Crippen molar-refractivity contribution in [3.63, 3.8) is 0 Å². The van der Waals surface area contributed by atoms with Crippen LogP contribution >= 0.6 is 0 Å². The molecule has 4 heteroatoms. The lowest BCUT2D eigenvalue weighted by atomic mass is 10.1. The highest BCUT2D eigenvalue weighted by molar-refractivity contribution is 5.73. The average Bonchev–Trinajstić information content (AvgIpc) is 2.26. The molecule has 0 radical (unpaired) electrons. The van der Waals surface area contributed by atoms with Gasteiger partial charge in [0, 0.05) is 19.3 Å². The van der Waals surface area contributed by atoms with Gasteiger partial charge in [0.15, 0.2) is 6.29 Å². The molecule has 4 nitrogen and oxygen atoms in total. The lowest BCUT2D eigenvalue weighted by Gasteiger charge is -2.15. The fourth-order valence-corrected chi connectivity index (χ4v) is 1.62. The van der Waals surface area contributed by atoms with E-state index < -0.39 is 0 Å². The van der Waals surface area contributed by atoms with Gasteiger partial charge < -0.3 is 9.30 Å². The molecule has 1 heterocycles. The summed E-state index contributed by atoms with van der Waals surface area (Å²) in [7, 11) is 1.59. The van der Waals surface area contributed by atoms with E-state index >= 15 is 0 Å². The molecule has 0 aliphatic carbocycles. The van der Waals surface area contributed by atoms with Crippen molar-refractivity contribution < 1.29 is 9.53 Å². The molecule has 0 unspecified atom stereocenters. The van der Waals surface area contributed by atoms with Crippen molar-refractivity contribution in [2.45, 2.75) is 26.3 Å². The molecular weight excluding hydrogens is 206 g/mol. The summed E-state index contributed by atoms with van der Waals surface area (Å²) in [6, 6.07) is 3.40. The minimum atomic E-state index is -0.238. The Morgan fingerprint density at radius 3 is 2.62 bits per heavy atom. The van der Waals surface area contributed by atoms with Gasteiger partial charge >= 0.3 is 0 Å². The fourth-order valence-electron chi connectivity index (χ4n) is 1.62. The third kappa shape index (κ3) is 2.58. The minimum Gasteiger partial charge on any atom is -0.383 e. The van der Waals surface area contributed by atoms with Crippen LogP contribution in [-0.2, 0) is 11.3 Å². The number of carbonyl (C=O) groups is 1. The van der Waals surface area contributed by atoms with Gasteiger partial charge in [-0.15, -0.1) is 0 Å². The summed E-state index contributed by atoms with van der Waals surface area (Å²) in [5.74, 6) is 0.241. The van der Waals surface area contributed by atoms with Crippen LogP contribution in [0.25, 0.3) is 0 Å². The Balaban J connectivity index is 3.25. The van der Waals surface area contributed by atoms with Crippen molar-refractivity contribution >= 4 is 6.29 Å². The zero-order valence-electron chi connectivity index (χ0n) is 9.90. The maximum absolute atomic E-state index is 11.9. The number of rotatable bonds is 5. The Labute approximate surface area is 94.9 Å². The van der Waals surface area contributed by atoms with E-state index in [0.29, 0.717) is 19.4 Å². The largest absolute Gasteiger partial charge is 0.383 e. The van der Waals surface area contributed by atoms with Crippen molar-refractivity contribution in [2.24, 2.45) is 0 Å². The summed E-state index contributed by atoms with van der Waals surface area (Å²) in [6.45, 7) is 4.96. The molecule has 0 aromatic carbocycles. The smallest absolute Gasteiger partial charge is 0.261 e. The topological polar surface area (TPSA) is 48.3 Å². The standard InChI is InChI=1S/C12H17NO3/c1-9(2)11-5-4-10(8-14)12(15)13(11)6-7-16-3/h4-5,8-9H,6-7H2,1-3H3. The number of nitrogens with zero attached hydrogens (tertiary/aromatic N) is 1. The molecule has 1 aromatic heterocycles. The molecule has 0 bridgehead atoms. The second-order valence-electron chi connectivity index (χ2n) is 3.94. The second kappa shape index (κ2) is 5.61. The lowest BCUT2D eigenvalue weighted by Crippen LogP contribution is -2.28. The zero-order chi connectivity index (χ0) is 12.1. The number of methoxy groups -OCH3 is 1. The highest BCUT2D eigenvalue weighted by Crippen LogP contribution is 2.12. The van der Waals surface area contributed by atoms with E-state index in [1.807, 2.05) is 19.9 Å². The number of aromatic nitrogens is 1. The van der Waals surface area contributed by atoms with Gasteiger partial charge in [0.1, 0.15) is 0 Å². The van der Waals surface area contributed by atoms with Crippen molar-refractivity contribution in [3.8, 4) is 0 Å². The van der Waals surface area contributed by atoms with E-state index in [4.69, 9.17) is 4.74 Å². The monoisotopic (exact) mass is 223 g/mol. The first kappa shape index (κ1) is 12.6. The molecule has 88 valence electrons. The molecule has 0 atom stereocenters. The summed E-state index contributed by atoms with van der Waals surface area (Å²) in [4.78, 5) is 22.6. The molecule has 0 N–H and O–H groups in total. The summed E-state index contributed by atoms with van der Waals surface area (Å²) >= 11 is 0. The van der Waals surface area contributed by atoms with Gasteiger partial charge in [-0.05, 0) is 18.1 Å². The van der Waals surface area contributed by atoms with Crippen LogP contribution in [0.1, 0.15) is 35.8 Å². The van der Waals surface area contributed by atoms with Crippen molar-refractivity contribution in [3.05, 3.63) is 33.7 Å². The van der Waals surface area contributed by atoms with Gasteiger partial charge in [0.25, 0.3) is 5.56 Å². The number of hydrogen-bond donors (Lipinski definition) is 0. The predicted molar refractivity (Wildman–Crippen MR) is 62.1 cm³/mol. The Kier molecular flexibility index (Phi) is 4.43. The maximum Gasteiger partial charge on any atom is 0.261 e. The number of hydrogen-bond acceptors (Lipinski definition) is 3. The van der Waals surface area contributed by atoms with Crippen LogP contribution in [-0.4, -0.2) is 24.6 Å². The zero-order valence-corrected chi connectivity index (χ0v) is 9.90. The highest BCUT2D eigenvalue weighted by atomic mass is 16.5. The maximum atomic E-state index is 11.9. The van der Waals surface area contributed by atoms with Gasteiger partial charge in [-0.3, -0.25) is 9.59 Å². The average molecular weight is 223 g/mol. The third-order valence-corrected chi connectivity index (χ3v) is 2.47. The normalized spacial score (nSPS) is 10.8. The fraction of sp³-hybridized carbons (Fsp3) is 0.500. The van der Waals surface area contributed by atoms with Crippen molar-refractivity contribution in [1.82, 2.24) is 4.57 Å². The van der Waals surface area contributed by atoms with Gasteiger partial charge in [-0.25, -0.2) is 0 Å². The van der Waals surface area contributed by atoms with Crippen molar-refractivity contribution in [1.29, 1.82) is 0 Å². The van der Waals surface area contributed by atoms with E-state index in [2.05, 4.69) is 0 Å². The first-order valence-electron chi connectivity index (χ1n) is 5.29. The minimum absolute atomic E-state index is 0.195. The Hall–Kier alpha value is -1.42. The summed E-state index contributed by atoms with van der Waals surface area (Å²) in [5.41, 5.74) is 0.881. The summed E-state index contributed by atoms with van der Waals surface area (Å²) in [6.07, 6.45) is 0.593. The van der Waals surface area contributed by atoms with E-state index in [1.54, 1.807) is 17.7 Å². The Morgan fingerprint density at radius 1 is 1.44 bits per heavy atom. The van der Waals surface area contributed by atoms with E-state index in [0.717, 1.165) is 5.69 Å². The van der Waals surface area contributed by atoms with Crippen LogP contribution in [0, 0.1) is 0 Å². The van der Waals surface area contributed by atoms with Gasteiger partial charge in [0.05, 0.1) is 12.2 Å². The molecule has 0 amide bonds. The van der Waals surface area contributed by atoms with Crippen molar-refractivity contribution in [2.75, 3.05) is 13.7 Å². The summed E-state index contributed by atoms with van der Waals surface area (Å²) < 4.78 is 6.57. The molecule has 16 heavy (non-hydrogen) atoms. The van der Waals surface area contributed by atoms with E-state index in [-0.39, 0.29) is 17.0 Å². The van der Waals surface area contributed by atoms with Crippen LogP contribution in [0.3, 0.4) is 0 Å². The first-order valence-corrected chi connectivity index (χ1v) is 5.29. The molecule has 0 fully saturated rings. The first-order chi connectivity index (χ1) is 7.61. The molecule has 0 aliphatic rings. The molecular formula is C12H17NO3. The molecule has 0 spiro atoms. The number of pyridine rings is 1. The molecule has 1 rings (SSSR count). The van der Waals surface area contributed by atoms with Crippen LogP contribution < -0.4 is 5.56 Å². The summed E-state index contributed by atoms with van der Waals surface area (Å²) in [5, 5.41) is 0. The highest BCUT2D eigenvalue weighted by Gasteiger charge is 2.10. The second-order valence-corrected chi connectivity index (χ2v) is 3.94. The molecule has 0 saturated carbocycles. The lowest BCUT2D eigenvalue weighted by molar-refractivity contribution is 0.112. The SMILES string of the molecule is COCCn1c(C(C)C)ccc(C=O)c1=O. The van der Waals surface area contributed by atoms with Crippen LogP contribution in [0.4, 0.5) is 0 Å². The number of ether oxygens (including phenoxy) is 1. The third-order valence-electron chi connectivity index (χ3n) is 2.47. The van der Waals surface area contributed by atoms with E-state index in [9.17, 15) is 9.59 Å². The number of carbonyl (C=O) groups excluding carboxylic acids is 1. The Bertz CT molecular complexity index is 421. The van der Waals surface area contributed by atoms with Crippen LogP contribution in [0.2, 0.25) is 0 Å². The van der Waals surface area contributed by atoms with Gasteiger partial charge in [0.2, 0.25) is 0 Å². The number of aldehydes is 1. The molecule has 0 saturated heterocycles. The quantitative estimate of drug-likeness (QED) is 0.709. The van der Waals surface area contributed by atoms with Crippen LogP contribution in [0.15, 0.2) is 16.9 Å². The predicted octanol–water partition coefficient (Wildman–Crippen LogP) is 1.43. The molecule has 1 aromatic rings. The van der Waals surface area contributed by atoms with Gasteiger partial charge in [-0.1, -0.05) is 13.8 Å². The molecule has 0 aliphatic heterocycles. The van der Waals surface area contributed by atoms with Crippen LogP contribution in [0.5, 0.6) is 0 Å². The van der Waals surface area contributed by atoms with Gasteiger partial charge in [-0.2, -0.15) is 0 Å². The van der Waals surface area contributed by atoms with E-state index in [1.165, 1.54) is 0 Å². The Morgan fingerprint density at radius 2 is 2.12 bits per heavy atom.